The maximum absolute atomic E-state index is 11.8. The van der Waals surface area contributed by atoms with E-state index in [-0.39, 0.29) is 12.0 Å². The Morgan fingerprint density at radius 2 is 1.84 bits per heavy atom. The first kappa shape index (κ1) is 15.5. The molecule has 1 aromatic rings. The predicted molar refractivity (Wildman–Crippen MR) is 73.7 cm³/mol. The molecule has 0 amide bonds. The van der Waals surface area contributed by atoms with E-state index in [4.69, 9.17) is 14.2 Å². The second-order valence-corrected chi connectivity index (χ2v) is 4.29. The van der Waals surface area contributed by atoms with Gasteiger partial charge in [0.1, 0.15) is 0 Å². The first-order chi connectivity index (χ1) is 9.12. The van der Waals surface area contributed by atoms with Gasteiger partial charge in [-0.1, -0.05) is 11.6 Å². The summed E-state index contributed by atoms with van der Waals surface area (Å²) in [5.41, 5.74) is 2.23. The summed E-state index contributed by atoms with van der Waals surface area (Å²) in [6.07, 6.45) is 0. The van der Waals surface area contributed by atoms with Crippen LogP contribution >= 0.6 is 0 Å². The fraction of sp³-hybridized carbons (Fsp3) is 0.500. The molecule has 0 fully saturated rings. The largest absolute Gasteiger partial charge is 0.465 e. The van der Waals surface area contributed by atoms with Gasteiger partial charge in [0.15, 0.2) is 0 Å². The Hall–Kier alpha value is -1.59. The van der Waals surface area contributed by atoms with Crippen LogP contribution < -0.4 is 5.32 Å². The predicted octanol–water partition coefficient (Wildman–Crippen LogP) is 1.85. The topological polar surface area (TPSA) is 56.8 Å². The number of ether oxygens (including phenoxy) is 3. The SMILES string of the molecule is COCC(COC)Nc1ccc(C)cc1C(=O)OC. The number of benzene rings is 1. The van der Waals surface area contributed by atoms with E-state index in [0.29, 0.717) is 18.8 Å². The Kier molecular flexibility index (Phi) is 6.32. The molecule has 0 saturated carbocycles. The highest BCUT2D eigenvalue weighted by atomic mass is 16.5. The Labute approximate surface area is 113 Å². The Morgan fingerprint density at radius 3 is 2.37 bits per heavy atom. The molecule has 0 unspecified atom stereocenters. The van der Waals surface area contributed by atoms with Crippen LogP contribution in [0.25, 0.3) is 0 Å². The van der Waals surface area contributed by atoms with E-state index in [1.165, 1.54) is 7.11 Å². The molecule has 5 nitrogen and oxygen atoms in total. The third-order valence-corrected chi connectivity index (χ3v) is 2.68. The summed E-state index contributed by atoms with van der Waals surface area (Å²) in [5, 5.41) is 3.24. The number of hydrogen-bond donors (Lipinski definition) is 1. The Bertz CT molecular complexity index is 414. The molecular formula is C14H21NO4. The van der Waals surface area contributed by atoms with Crippen molar-refractivity contribution in [3.8, 4) is 0 Å². The van der Waals surface area contributed by atoms with Crippen LogP contribution in [0.5, 0.6) is 0 Å². The van der Waals surface area contributed by atoms with Gasteiger partial charge in [0, 0.05) is 19.9 Å². The van der Waals surface area contributed by atoms with Crippen LogP contribution in [0.4, 0.5) is 5.69 Å². The summed E-state index contributed by atoms with van der Waals surface area (Å²) >= 11 is 0. The summed E-state index contributed by atoms with van der Waals surface area (Å²) in [7, 11) is 4.62. The number of methoxy groups -OCH3 is 3. The van der Waals surface area contributed by atoms with Crippen molar-refractivity contribution in [2.24, 2.45) is 0 Å². The minimum Gasteiger partial charge on any atom is -0.465 e. The van der Waals surface area contributed by atoms with Crippen molar-refractivity contribution in [3.05, 3.63) is 29.3 Å². The average molecular weight is 267 g/mol. The molecule has 106 valence electrons. The number of anilines is 1. The van der Waals surface area contributed by atoms with Gasteiger partial charge in [-0.05, 0) is 19.1 Å². The quantitative estimate of drug-likeness (QED) is 0.764. The third kappa shape index (κ3) is 4.54. The van der Waals surface area contributed by atoms with E-state index >= 15 is 0 Å². The summed E-state index contributed by atoms with van der Waals surface area (Å²) < 4.78 is 15.0. The van der Waals surface area contributed by atoms with E-state index < -0.39 is 0 Å². The molecule has 0 saturated heterocycles. The lowest BCUT2D eigenvalue weighted by Gasteiger charge is -2.20. The molecule has 0 atom stereocenters. The van der Waals surface area contributed by atoms with E-state index in [0.717, 1.165) is 11.3 Å². The number of nitrogens with one attached hydrogen (secondary N) is 1. The molecular weight excluding hydrogens is 246 g/mol. The fourth-order valence-corrected chi connectivity index (χ4v) is 1.82. The zero-order valence-electron chi connectivity index (χ0n) is 11.9. The summed E-state index contributed by atoms with van der Waals surface area (Å²) in [6, 6.07) is 5.57. The van der Waals surface area contributed by atoms with Gasteiger partial charge in [-0.2, -0.15) is 0 Å². The first-order valence-electron chi connectivity index (χ1n) is 6.05. The molecule has 0 radical (unpaired) electrons. The van der Waals surface area contributed by atoms with Crippen molar-refractivity contribution in [2.75, 3.05) is 39.9 Å². The summed E-state index contributed by atoms with van der Waals surface area (Å²) in [6.45, 7) is 2.91. The lowest BCUT2D eigenvalue weighted by atomic mass is 10.1. The van der Waals surface area contributed by atoms with Crippen molar-refractivity contribution < 1.29 is 19.0 Å². The highest BCUT2D eigenvalue weighted by Gasteiger charge is 2.15. The van der Waals surface area contributed by atoms with Gasteiger partial charge in [0.05, 0.1) is 31.9 Å². The molecule has 0 aliphatic heterocycles. The van der Waals surface area contributed by atoms with Crippen molar-refractivity contribution in [1.29, 1.82) is 0 Å². The molecule has 0 aliphatic rings. The van der Waals surface area contributed by atoms with E-state index in [2.05, 4.69) is 5.32 Å². The van der Waals surface area contributed by atoms with Crippen LogP contribution in [0.1, 0.15) is 15.9 Å². The zero-order valence-corrected chi connectivity index (χ0v) is 11.9. The molecule has 0 spiro atoms. The third-order valence-electron chi connectivity index (χ3n) is 2.68. The molecule has 0 aliphatic carbocycles. The van der Waals surface area contributed by atoms with Crippen molar-refractivity contribution in [2.45, 2.75) is 13.0 Å². The van der Waals surface area contributed by atoms with Gasteiger partial charge < -0.3 is 19.5 Å². The van der Waals surface area contributed by atoms with Gasteiger partial charge in [-0.15, -0.1) is 0 Å². The molecule has 1 N–H and O–H groups in total. The van der Waals surface area contributed by atoms with E-state index in [1.54, 1.807) is 20.3 Å². The fourth-order valence-electron chi connectivity index (χ4n) is 1.82. The average Bonchev–Trinajstić information content (AvgIpc) is 2.40. The van der Waals surface area contributed by atoms with E-state index in [1.807, 2.05) is 19.1 Å². The van der Waals surface area contributed by atoms with Crippen LogP contribution in [0.3, 0.4) is 0 Å². The van der Waals surface area contributed by atoms with Crippen LogP contribution in [-0.2, 0) is 14.2 Å². The maximum Gasteiger partial charge on any atom is 0.339 e. The minimum absolute atomic E-state index is 0.0267. The van der Waals surface area contributed by atoms with E-state index in [9.17, 15) is 4.79 Å². The van der Waals surface area contributed by atoms with Crippen LogP contribution in [0, 0.1) is 6.92 Å². The van der Waals surface area contributed by atoms with Gasteiger partial charge in [0.25, 0.3) is 0 Å². The van der Waals surface area contributed by atoms with Crippen LogP contribution in [-0.4, -0.2) is 46.6 Å². The number of carbonyl (C=O) groups is 1. The number of carbonyl (C=O) groups excluding carboxylic acids is 1. The van der Waals surface area contributed by atoms with Crippen molar-refractivity contribution in [1.82, 2.24) is 0 Å². The molecule has 5 heteroatoms. The van der Waals surface area contributed by atoms with Gasteiger partial charge in [0.2, 0.25) is 0 Å². The lowest BCUT2D eigenvalue weighted by molar-refractivity contribution is 0.0601. The van der Waals surface area contributed by atoms with Gasteiger partial charge in [-0.3, -0.25) is 0 Å². The molecule has 1 aromatic carbocycles. The highest BCUT2D eigenvalue weighted by Crippen LogP contribution is 2.19. The van der Waals surface area contributed by atoms with Crippen molar-refractivity contribution in [3.63, 3.8) is 0 Å². The monoisotopic (exact) mass is 267 g/mol. The second-order valence-electron chi connectivity index (χ2n) is 4.29. The zero-order chi connectivity index (χ0) is 14.3. The van der Waals surface area contributed by atoms with Gasteiger partial charge >= 0.3 is 5.97 Å². The molecule has 19 heavy (non-hydrogen) atoms. The van der Waals surface area contributed by atoms with Crippen LogP contribution in [0.15, 0.2) is 18.2 Å². The number of hydrogen-bond acceptors (Lipinski definition) is 5. The highest BCUT2D eigenvalue weighted by molar-refractivity contribution is 5.95. The molecule has 1 rings (SSSR count). The maximum atomic E-state index is 11.8. The first-order valence-corrected chi connectivity index (χ1v) is 6.05. The van der Waals surface area contributed by atoms with Gasteiger partial charge in [-0.25, -0.2) is 4.79 Å². The normalized spacial score (nSPS) is 10.6. The smallest absolute Gasteiger partial charge is 0.339 e. The standard InChI is InChI=1S/C14H21NO4/c1-10-5-6-13(12(7-10)14(16)19-4)15-11(8-17-2)9-18-3/h5-7,11,15H,8-9H2,1-4H3. The minimum atomic E-state index is -0.361. The van der Waals surface area contributed by atoms with Crippen LogP contribution in [0.2, 0.25) is 0 Å². The summed E-state index contributed by atoms with van der Waals surface area (Å²) in [5.74, 6) is -0.361. The number of esters is 1. The summed E-state index contributed by atoms with van der Waals surface area (Å²) in [4.78, 5) is 11.8. The molecule has 0 bridgehead atoms. The van der Waals surface area contributed by atoms with Crippen molar-refractivity contribution >= 4 is 11.7 Å². The molecule has 0 aromatic heterocycles. The lowest BCUT2D eigenvalue weighted by Crippen LogP contribution is -2.30. The molecule has 0 heterocycles. The Morgan fingerprint density at radius 1 is 1.21 bits per heavy atom. The number of aryl methyl sites for hydroxylation is 1. The Balaban J connectivity index is 2.94. The second kappa shape index (κ2) is 7.76. The number of rotatable bonds is 7.